The van der Waals surface area contributed by atoms with Gasteiger partial charge in [0.1, 0.15) is 4.83 Å². The third kappa shape index (κ3) is 3.66. The van der Waals surface area contributed by atoms with Crippen LogP contribution in [0.1, 0.15) is 16.9 Å². The van der Waals surface area contributed by atoms with Crippen molar-refractivity contribution in [1.82, 2.24) is 14.5 Å². The predicted molar refractivity (Wildman–Crippen MR) is 122 cm³/mol. The Morgan fingerprint density at radius 3 is 2.73 bits per heavy atom. The van der Waals surface area contributed by atoms with E-state index in [0.717, 1.165) is 55.7 Å². The van der Waals surface area contributed by atoms with Gasteiger partial charge in [0.2, 0.25) is 0 Å². The number of aromatic nitrogens is 2. The molecule has 0 N–H and O–H groups in total. The minimum absolute atomic E-state index is 0.0875. The van der Waals surface area contributed by atoms with E-state index in [0.29, 0.717) is 19.2 Å². The van der Waals surface area contributed by atoms with Crippen molar-refractivity contribution in [3.63, 3.8) is 0 Å². The van der Waals surface area contributed by atoms with Crippen LogP contribution in [0, 0.1) is 0 Å². The molecule has 1 unspecified atom stereocenters. The molecule has 1 fully saturated rings. The molecule has 5 rings (SSSR count). The van der Waals surface area contributed by atoms with E-state index in [1.54, 1.807) is 29.3 Å². The number of piperazine rings is 1. The van der Waals surface area contributed by atoms with E-state index in [1.165, 1.54) is 16.1 Å². The summed E-state index contributed by atoms with van der Waals surface area (Å²) in [7, 11) is 1.66. The number of hydrogen-bond acceptors (Lipinski definition) is 6. The third-order valence-electron chi connectivity index (χ3n) is 6.50. The summed E-state index contributed by atoms with van der Waals surface area (Å²) in [6.07, 6.45) is 4.81. The van der Waals surface area contributed by atoms with E-state index in [2.05, 4.69) is 45.1 Å². The van der Waals surface area contributed by atoms with Crippen molar-refractivity contribution in [2.45, 2.75) is 31.8 Å². The number of ether oxygens (including phenoxy) is 1. The third-order valence-corrected chi connectivity index (χ3v) is 7.66. The molecule has 0 bridgehead atoms. The maximum absolute atomic E-state index is 13.0. The topological polar surface area (TPSA) is 50.6 Å². The van der Waals surface area contributed by atoms with E-state index in [9.17, 15) is 4.79 Å². The fraction of sp³-hybridized carbons (Fsp3) is 0.478. The SMILES string of the molecule is COCCn1cnc2sc3c(c2c1=O)CCC(N1CCN(c2ccccc2)CC1)C3. The number of fused-ring (bicyclic) bond motifs is 3. The first-order valence-corrected chi connectivity index (χ1v) is 11.6. The molecule has 3 heterocycles. The van der Waals surface area contributed by atoms with E-state index in [4.69, 9.17) is 4.74 Å². The molecule has 0 spiro atoms. The summed E-state index contributed by atoms with van der Waals surface area (Å²) in [5.74, 6) is 0. The number of aryl methyl sites for hydroxylation is 1. The maximum Gasteiger partial charge on any atom is 0.262 e. The van der Waals surface area contributed by atoms with Gasteiger partial charge in [0.25, 0.3) is 5.56 Å². The second-order valence-electron chi connectivity index (χ2n) is 8.18. The van der Waals surface area contributed by atoms with Gasteiger partial charge in [-0.05, 0) is 37.0 Å². The lowest BCUT2D eigenvalue weighted by molar-refractivity contribution is 0.171. The Kier molecular flexibility index (Phi) is 5.58. The van der Waals surface area contributed by atoms with Gasteiger partial charge in [-0.1, -0.05) is 18.2 Å². The van der Waals surface area contributed by atoms with Gasteiger partial charge in [-0.25, -0.2) is 4.98 Å². The summed E-state index contributed by atoms with van der Waals surface area (Å²) < 4.78 is 6.82. The summed E-state index contributed by atoms with van der Waals surface area (Å²) in [6.45, 7) is 5.43. The largest absolute Gasteiger partial charge is 0.383 e. The summed E-state index contributed by atoms with van der Waals surface area (Å²) in [6, 6.07) is 11.3. The number of rotatable bonds is 5. The fourth-order valence-corrected chi connectivity index (χ4v) is 6.08. The van der Waals surface area contributed by atoms with Crippen LogP contribution in [-0.2, 0) is 24.1 Å². The molecule has 158 valence electrons. The van der Waals surface area contributed by atoms with Gasteiger partial charge < -0.3 is 9.64 Å². The van der Waals surface area contributed by atoms with E-state index < -0.39 is 0 Å². The molecular formula is C23H28N4O2S. The minimum Gasteiger partial charge on any atom is -0.383 e. The molecule has 1 atom stereocenters. The van der Waals surface area contributed by atoms with Gasteiger partial charge in [0.05, 0.1) is 24.9 Å². The van der Waals surface area contributed by atoms with Crippen molar-refractivity contribution in [2.75, 3.05) is 44.8 Å². The van der Waals surface area contributed by atoms with Crippen LogP contribution in [-0.4, -0.2) is 60.4 Å². The van der Waals surface area contributed by atoms with Crippen LogP contribution >= 0.6 is 11.3 Å². The number of benzene rings is 1. The predicted octanol–water partition coefficient (Wildman–Crippen LogP) is 2.78. The lowest BCUT2D eigenvalue weighted by Gasteiger charge is -2.41. The molecule has 1 aromatic carbocycles. The molecule has 2 aliphatic rings. The van der Waals surface area contributed by atoms with Crippen LogP contribution in [0.15, 0.2) is 41.5 Å². The lowest BCUT2D eigenvalue weighted by Crippen LogP contribution is -2.51. The first-order valence-electron chi connectivity index (χ1n) is 10.8. The van der Waals surface area contributed by atoms with Gasteiger partial charge in [-0.3, -0.25) is 14.3 Å². The maximum atomic E-state index is 13.0. The monoisotopic (exact) mass is 424 g/mol. The average Bonchev–Trinajstić information content (AvgIpc) is 3.18. The molecule has 1 aliphatic carbocycles. The van der Waals surface area contributed by atoms with Gasteiger partial charge >= 0.3 is 0 Å². The van der Waals surface area contributed by atoms with Crippen LogP contribution in [0.2, 0.25) is 0 Å². The van der Waals surface area contributed by atoms with Gasteiger partial charge in [-0.15, -0.1) is 11.3 Å². The molecule has 1 aliphatic heterocycles. The molecule has 0 radical (unpaired) electrons. The summed E-state index contributed by atoms with van der Waals surface area (Å²) in [4.78, 5) is 25.0. The number of hydrogen-bond donors (Lipinski definition) is 0. The number of para-hydroxylation sites is 1. The molecule has 30 heavy (non-hydrogen) atoms. The Morgan fingerprint density at radius 2 is 1.97 bits per heavy atom. The van der Waals surface area contributed by atoms with E-state index in [-0.39, 0.29) is 5.56 Å². The van der Waals surface area contributed by atoms with E-state index in [1.807, 2.05) is 0 Å². The van der Waals surface area contributed by atoms with Crippen molar-refractivity contribution < 1.29 is 4.74 Å². The zero-order valence-corrected chi connectivity index (χ0v) is 18.2. The highest BCUT2D eigenvalue weighted by Crippen LogP contribution is 2.35. The quantitative estimate of drug-likeness (QED) is 0.630. The summed E-state index contributed by atoms with van der Waals surface area (Å²) in [5.41, 5.74) is 2.66. The first-order chi connectivity index (χ1) is 14.7. The minimum atomic E-state index is 0.0875. The highest BCUT2D eigenvalue weighted by molar-refractivity contribution is 7.18. The smallest absolute Gasteiger partial charge is 0.262 e. The fourth-order valence-electron chi connectivity index (χ4n) is 4.83. The van der Waals surface area contributed by atoms with Crippen molar-refractivity contribution in [1.29, 1.82) is 0 Å². The Balaban J connectivity index is 1.30. The lowest BCUT2D eigenvalue weighted by atomic mass is 9.91. The molecule has 0 amide bonds. The Hall–Kier alpha value is -2.22. The number of nitrogens with zero attached hydrogens (tertiary/aromatic N) is 4. The molecule has 6 nitrogen and oxygen atoms in total. The van der Waals surface area contributed by atoms with Crippen molar-refractivity contribution in [3.8, 4) is 0 Å². The second kappa shape index (κ2) is 8.49. The van der Waals surface area contributed by atoms with Gasteiger partial charge in [0.15, 0.2) is 0 Å². The normalized spacial score (nSPS) is 19.9. The Bertz CT molecular complexity index is 1070. The molecule has 3 aromatic rings. The number of methoxy groups -OCH3 is 1. The molecule has 7 heteroatoms. The molecular weight excluding hydrogens is 396 g/mol. The van der Waals surface area contributed by atoms with Crippen LogP contribution in [0.5, 0.6) is 0 Å². The van der Waals surface area contributed by atoms with Crippen LogP contribution in [0.3, 0.4) is 0 Å². The standard InChI is InChI=1S/C23H28N4O2S/c1-29-14-13-27-16-24-22-21(23(27)28)19-8-7-18(15-20(19)30-22)26-11-9-25(10-12-26)17-5-3-2-4-6-17/h2-6,16,18H,7-15H2,1H3. The number of anilines is 1. The van der Waals surface area contributed by atoms with Crippen molar-refractivity contribution >= 4 is 27.2 Å². The Labute approximate surface area is 180 Å². The second-order valence-corrected chi connectivity index (χ2v) is 9.26. The first kappa shape index (κ1) is 19.7. The van der Waals surface area contributed by atoms with Crippen molar-refractivity contribution in [3.05, 3.63) is 57.5 Å². The highest BCUT2D eigenvalue weighted by atomic mass is 32.1. The highest BCUT2D eigenvalue weighted by Gasteiger charge is 2.30. The van der Waals surface area contributed by atoms with Crippen LogP contribution < -0.4 is 10.5 Å². The molecule has 2 aromatic heterocycles. The number of thiophene rings is 1. The summed E-state index contributed by atoms with van der Waals surface area (Å²) >= 11 is 1.72. The van der Waals surface area contributed by atoms with E-state index >= 15 is 0 Å². The zero-order chi connectivity index (χ0) is 20.5. The summed E-state index contributed by atoms with van der Waals surface area (Å²) in [5, 5.41) is 0.848. The Morgan fingerprint density at radius 1 is 1.17 bits per heavy atom. The molecule has 0 saturated carbocycles. The zero-order valence-electron chi connectivity index (χ0n) is 17.4. The molecule has 1 saturated heterocycles. The average molecular weight is 425 g/mol. The van der Waals surface area contributed by atoms with Crippen LogP contribution in [0.25, 0.3) is 10.2 Å². The van der Waals surface area contributed by atoms with Gasteiger partial charge in [0, 0.05) is 49.9 Å². The van der Waals surface area contributed by atoms with Gasteiger partial charge in [-0.2, -0.15) is 0 Å². The van der Waals surface area contributed by atoms with Crippen LogP contribution in [0.4, 0.5) is 5.69 Å². The van der Waals surface area contributed by atoms with Crippen molar-refractivity contribution in [2.24, 2.45) is 0 Å².